The molecule has 0 bridgehead atoms. The lowest BCUT2D eigenvalue weighted by Gasteiger charge is -2.26. The quantitative estimate of drug-likeness (QED) is 0.624. The zero-order valence-corrected chi connectivity index (χ0v) is 16.9. The second kappa shape index (κ2) is 8.99. The van der Waals surface area contributed by atoms with Crippen LogP contribution in [-0.4, -0.2) is 43.0 Å². The van der Waals surface area contributed by atoms with Crippen molar-refractivity contribution in [2.45, 2.75) is 25.5 Å². The van der Waals surface area contributed by atoms with E-state index < -0.39 is 36.5 Å². The van der Waals surface area contributed by atoms with Gasteiger partial charge in [-0.05, 0) is 48.4 Å². The van der Waals surface area contributed by atoms with Crippen LogP contribution in [0.25, 0.3) is 0 Å². The van der Waals surface area contributed by atoms with E-state index in [0.717, 1.165) is 4.90 Å². The Hall–Kier alpha value is -3.69. The number of urea groups is 1. The maximum atomic E-state index is 13.1. The smallest absolute Gasteiger partial charge is 0.387 e. The third-order valence-electron chi connectivity index (χ3n) is 4.95. The molecule has 1 unspecified atom stereocenters. The molecule has 2 aromatic rings. The van der Waals surface area contributed by atoms with Crippen LogP contribution in [0.1, 0.15) is 18.9 Å². The monoisotopic (exact) mass is 433 g/mol. The second-order valence-corrected chi connectivity index (χ2v) is 6.76. The molecule has 0 radical (unpaired) electrons. The standard InChI is InChI=1S/C21H21F2N3O5/c1-3-21(13-4-8-15(30-2)9-5-13)18(28)26(20(29)25-21)12-17(27)24-14-6-10-16(11-7-14)31-19(22)23/h4-11,19H,3,12H2,1-2H3,(H,24,27)(H,25,29). The molecule has 2 N–H and O–H groups in total. The van der Waals surface area contributed by atoms with Crippen molar-refractivity contribution in [3.8, 4) is 11.5 Å². The molecule has 0 saturated carbocycles. The van der Waals surface area contributed by atoms with Gasteiger partial charge in [-0.2, -0.15) is 8.78 Å². The van der Waals surface area contributed by atoms with Gasteiger partial charge in [-0.3, -0.25) is 14.5 Å². The highest BCUT2D eigenvalue weighted by Gasteiger charge is 2.51. The van der Waals surface area contributed by atoms with Gasteiger partial charge in [0.05, 0.1) is 7.11 Å². The van der Waals surface area contributed by atoms with E-state index in [9.17, 15) is 23.2 Å². The van der Waals surface area contributed by atoms with Crippen molar-refractivity contribution in [2.75, 3.05) is 19.0 Å². The molecule has 1 saturated heterocycles. The van der Waals surface area contributed by atoms with Crippen LogP contribution < -0.4 is 20.1 Å². The van der Waals surface area contributed by atoms with Crippen LogP contribution in [0.3, 0.4) is 0 Å². The lowest BCUT2D eigenvalue weighted by atomic mass is 9.87. The predicted octanol–water partition coefficient (Wildman–Crippen LogP) is 3.09. The van der Waals surface area contributed by atoms with Gasteiger partial charge in [0.15, 0.2) is 0 Å². The Morgan fingerprint density at radius 2 is 1.71 bits per heavy atom. The van der Waals surface area contributed by atoms with E-state index in [2.05, 4.69) is 15.4 Å². The Bertz CT molecular complexity index is 966. The van der Waals surface area contributed by atoms with Crippen LogP contribution in [0.4, 0.5) is 19.3 Å². The zero-order chi connectivity index (χ0) is 22.6. The van der Waals surface area contributed by atoms with E-state index in [1.54, 1.807) is 31.2 Å². The Kier molecular flexibility index (Phi) is 6.38. The summed E-state index contributed by atoms with van der Waals surface area (Å²) in [5, 5.41) is 5.21. The fourth-order valence-corrected chi connectivity index (χ4v) is 3.35. The SMILES string of the molecule is CCC1(c2ccc(OC)cc2)NC(=O)N(CC(=O)Nc2ccc(OC(F)F)cc2)C1=O. The molecular weight excluding hydrogens is 412 g/mol. The highest BCUT2D eigenvalue weighted by Crippen LogP contribution is 2.33. The molecule has 0 aliphatic carbocycles. The lowest BCUT2D eigenvalue weighted by molar-refractivity contribution is -0.134. The van der Waals surface area contributed by atoms with Crippen LogP contribution in [0, 0.1) is 0 Å². The third kappa shape index (κ3) is 4.57. The highest BCUT2D eigenvalue weighted by molar-refractivity contribution is 6.10. The van der Waals surface area contributed by atoms with E-state index >= 15 is 0 Å². The summed E-state index contributed by atoms with van der Waals surface area (Å²) >= 11 is 0. The third-order valence-corrected chi connectivity index (χ3v) is 4.95. The second-order valence-electron chi connectivity index (χ2n) is 6.76. The van der Waals surface area contributed by atoms with E-state index in [1.165, 1.54) is 31.4 Å². The van der Waals surface area contributed by atoms with Crippen molar-refractivity contribution >= 4 is 23.5 Å². The molecule has 8 nitrogen and oxygen atoms in total. The predicted molar refractivity (Wildman–Crippen MR) is 107 cm³/mol. The van der Waals surface area contributed by atoms with E-state index in [4.69, 9.17) is 4.74 Å². The molecule has 31 heavy (non-hydrogen) atoms. The van der Waals surface area contributed by atoms with E-state index in [0.29, 0.717) is 17.0 Å². The van der Waals surface area contributed by atoms with Crippen molar-refractivity contribution in [3.63, 3.8) is 0 Å². The van der Waals surface area contributed by atoms with Crippen molar-refractivity contribution in [2.24, 2.45) is 0 Å². The molecule has 4 amide bonds. The molecule has 164 valence electrons. The van der Waals surface area contributed by atoms with Crippen LogP contribution in [0.5, 0.6) is 11.5 Å². The first-order chi connectivity index (χ1) is 14.8. The Morgan fingerprint density at radius 3 is 2.26 bits per heavy atom. The number of anilines is 1. The number of nitrogens with zero attached hydrogens (tertiary/aromatic N) is 1. The molecule has 1 atom stereocenters. The van der Waals surface area contributed by atoms with Gasteiger partial charge in [0.1, 0.15) is 23.6 Å². The van der Waals surface area contributed by atoms with Crippen molar-refractivity contribution < 1.29 is 32.6 Å². The van der Waals surface area contributed by atoms with Gasteiger partial charge in [-0.15, -0.1) is 0 Å². The van der Waals surface area contributed by atoms with Crippen molar-refractivity contribution in [1.82, 2.24) is 10.2 Å². The first kappa shape index (κ1) is 22.0. The highest BCUT2D eigenvalue weighted by atomic mass is 19.3. The number of nitrogens with one attached hydrogen (secondary N) is 2. The molecule has 1 heterocycles. The number of hydrogen-bond acceptors (Lipinski definition) is 5. The first-order valence-corrected chi connectivity index (χ1v) is 9.42. The normalized spacial score (nSPS) is 18.2. The van der Waals surface area contributed by atoms with Gasteiger partial charge < -0.3 is 20.1 Å². The molecule has 1 fully saturated rings. The number of carbonyl (C=O) groups is 3. The maximum Gasteiger partial charge on any atom is 0.387 e. The van der Waals surface area contributed by atoms with Crippen LogP contribution in [0.15, 0.2) is 48.5 Å². The molecule has 3 rings (SSSR count). The maximum absolute atomic E-state index is 13.1. The Morgan fingerprint density at radius 1 is 1.10 bits per heavy atom. The van der Waals surface area contributed by atoms with Crippen molar-refractivity contribution in [1.29, 1.82) is 0 Å². The largest absolute Gasteiger partial charge is 0.497 e. The van der Waals surface area contributed by atoms with Gasteiger partial charge in [0.2, 0.25) is 5.91 Å². The van der Waals surface area contributed by atoms with Gasteiger partial charge in [0, 0.05) is 5.69 Å². The fourth-order valence-electron chi connectivity index (χ4n) is 3.35. The Labute approximate surface area is 177 Å². The summed E-state index contributed by atoms with van der Waals surface area (Å²) in [6.45, 7) is -1.70. The number of benzene rings is 2. The summed E-state index contributed by atoms with van der Waals surface area (Å²) in [7, 11) is 1.52. The lowest BCUT2D eigenvalue weighted by Crippen LogP contribution is -2.44. The number of methoxy groups -OCH3 is 1. The number of imide groups is 1. The summed E-state index contributed by atoms with van der Waals surface area (Å²) < 4.78 is 33.8. The number of rotatable bonds is 8. The van der Waals surface area contributed by atoms with Gasteiger partial charge in [0.25, 0.3) is 5.91 Å². The van der Waals surface area contributed by atoms with E-state index in [-0.39, 0.29) is 12.2 Å². The summed E-state index contributed by atoms with van der Waals surface area (Å²) in [5.41, 5.74) is -0.403. The van der Waals surface area contributed by atoms with Crippen molar-refractivity contribution in [3.05, 3.63) is 54.1 Å². The Balaban J connectivity index is 1.70. The number of alkyl halides is 2. The van der Waals surface area contributed by atoms with Crippen LogP contribution >= 0.6 is 0 Å². The number of ether oxygens (including phenoxy) is 2. The average molecular weight is 433 g/mol. The molecule has 10 heteroatoms. The molecule has 0 spiro atoms. The summed E-state index contributed by atoms with van der Waals surface area (Å²) in [5.74, 6) is -0.615. The molecule has 1 aliphatic rings. The molecule has 0 aromatic heterocycles. The minimum atomic E-state index is -2.95. The summed E-state index contributed by atoms with van der Waals surface area (Å²) in [6, 6.07) is 11.3. The summed E-state index contributed by atoms with van der Waals surface area (Å²) in [4.78, 5) is 38.8. The zero-order valence-electron chi connectivity index (χ0n) is 16.9. The topological polar surface area (TPSA) is 97.0 Å². The first-order valence-electron chi connectivity index (χ1n) is 9.42. The van der Waals surface area contributed by atoms with Gasteiger partial charge >= 0.3 is 12.6 Å². The average Bonchev–Trinajstić information content (AvgIpc) is 3.00. The molecular formula is C21H21F2N3O5. The minimum absolute atomic E-state index is 0.0608. The van der Waals surface area contributed by atoms with Crippen LogP contribution in [0.2, 0.25) is 0 Å². The fraction of sp³-hybridized carbons (Fsp3) is 0.286. The number of halogens is 2. The van der Waals surface area contributed by atoms with Crippen LogP contribution in [-0.2, 0) is 15.1 Å². The number of carbonyl (C=O) groups excluding carboxylic acids is 3. The van der Waals surface area contributed by atoms with Gasteiger partial charge in [-0.1, -0.05) is 19.1 Å². The molecule has 2 aromatic carbocycles. The number of hydrogen-bond donors (Lipinski definition) is 2. The van der Waals surface area contributed by atoms with Gasteiger partial charge in [-0.25, -0.2) is 4.79 Å². The molecule has 1 aliphatic heterocycles. The minimum Gasteiger partial charge on any atom is -0.497 e. The van der Waals surface area contributed by atoms with E-state index in [1.807, 2.05) is 0 Å². The number of amides is 4. The summed E-state index contributed by atoms with van der Waals surface area (Å²) in [6.07, 6.45) is 0.285.